The van der Waals surface area contributed by atoms with Gasteiger partial charge < -0.3 is 0 Å². The van der Waals surface area contributed by atoms with E-state index in [-0.39, 0.29) is 5.41 Å². The van der Waals surface area contributed by atoms with Crippen molar-refractivity contribution in [2.75, 3.05) is 0 Å². The predicted molar refractivity (Wildman–Crippen MR) is 226 cm³/mol. The van der Waals surface area contributed by atoms with Gasteiger partial charge in [0, 0.05) is 25.6 Å². The number of hydrogen-bond donors (Lipinski definition) is 0. The largest absolute Gasteiger partial charge is 0.135 e. The van der Waals surface area contributed by atoms with Crippen molar-refractivity contribution in [2.45, 2.75) is 13.8 Å². The van der Waals surface area contributed by atoms with Gasteiger partial charge in [0.25, 0.3) is 0 Å². The van der Waals surface area contributed by atoms with E-state index in [4.69, 9.17) is 0 Å². The summed E-state index contributed by atoms with van der Waals surface area (Å²) in [4.78, 5) is 0. The molecular weight excluding hydrogens is 645 g/mol. The number of fused-ring (bicyclic) bond motifs is 11. The molecule has 0 saturated carbocycles. The molecule has 0 fully saturated rings. The molecule has 1 heteroatoms. The van der Waals surface area contributed by atoms with E-state index in [2.05, 4.69) is 184 Å². The topological polar surface area (TPSA) is 0 Å². The molecule has 0 saturated heterocycles. The summed E-state index contributed by atoms with van der Waals surface area (Å²) in [6.45, 7) is 4.67. The zero-order valence-corrected chi connectivity index (χ0v) is 29.9. The fourth-order valence-electron chi connectivity index (χ4n) is 8.97. The second-order valence-corrected chi connectivity index (χ2v) is 16.0. The summed E-state index contributed by atoms with van der Waals surface area (Å²) in [5.41, 5.74) is 10.2. The van der Waals surface area contributed by atoms with Crippen LogP contribution in [0.15, 0.2) is 169 Å². The smallest absolute Gasteiger partial charge is 0.0433 e. The van der Waals surface area contributed by atoms with Gasteiger partial charge in [-0.05, 0) is 130 Å². The number of thiophene rings is 1. The Hall–Kier alpha value is -6.02. The molecule has 0 bridgehead atoms. The van der Waals surface area contributed by atoms with Gasteiger partial charge in [-0.2, -0.15) is 0 Å². The summed E-state index contributed by atoms with van der Waals surface area (Å²) < 4.78 is 2.69. The Kier molecular flexibility index (Phi) is 6.27. The third-order valence-corrected chi connectivity index (χ3v) is 12.6. The zero-order valence-electron chi connectivity index (χ0n) is 29.1. The molecule has 244 valence electrons. The molecular formula is C51H34S. The van der Waals surface area contributed by atoms with Gasteiger partial charge in [0.2, 0.25) is 0 Å². The second-order valence-electron chi connectivity index (χ2n) is 15.0. The minimum Gasteiger partial charge on any atom is -0.135 e. The van der Waals surface area contributed by atoms with Crippen LogP contribution >= 0.6 is 11.3 Å². The van der Waals surface area contributed by atoms with E-state index in [1.807, 2.05) is 11.3 Å². The fraction of sp³-hybridized carbons (Fsp3) is 0.0588. The molecule has 9 aromatic rings. The van der Waals surface area contributed by atoms with Crippen molar-refractivity contribution >= 4 is 75.5 Å². The first-order valence-corrected chi connectivity index (χ1v) is 19.0. The van der Waals surface area contributed by atoms with E-state index in [1.165, 1.54) is 107 Å². The number of allylic oxidation sites excluding steroid dienone is 4. The average Bonchev–Trinajstić information content (AvgIpc) is 3.76. The van der Waals surface area contributed by atoms with Crippen LogP contribution in [0, 0.1) is 5.41 Å². The SMILES string of the molecule is CC1(C)C=CC=C2C=c3cc4c5ccccc5c5cc(-c6cccc(-c7cccc(-c8cccc9c8sc8ccccc89)c7)c6)ccc5c4cc3=C21. The quantitative estimate of drug-likeness (QED) is 0.163. The van der Waals surface area contributed by atoms with Crippen LogP contribution in [0.3, 0.4) is 0 Å². The predicted octanol–water partition coefficient (Wildman–Crippen LogP) is 13.0. The zero-order chi connectivity index (χ0) is 34.6. The van der Waals surface area contributed by atoms with Crippen LogP contribution in [0.25, 0.3) is 97.5 Å². The highest BCUT2D eigenvalue weighted by Crippen LogP contribution is 2.43. The van der Waals surface area contributed by atoms with Crippen molar-refractivity contribution in [1.29, 1.82) is 0 Å². The molecule has 2 aliphatic carbocycles. The molecule has 1 heterocycles. The monoisotopic (exact) mass is 678 g/mol. The lowest BCUT2D eigenvalue weighted by molar-refractivity contribution is 0.644. The van der Waals surface area contributed by atoms with E-state index in [0.717, 1.165) is 0 Å². The molecule has 1 aromatic heterocycles. The Morgan fingerprint density at radius 1 is 0.462 bits per heavy atom. The summed E-state index contributed by atoms with van der Waals surface area (Å²) in [5, 5.41) is 13.2. The molecule has 0 spiro atoms. The Morgan fingerprint density at radius 2 is 1.06 bits per heavy atom. The molecule has 0 nitrogen and oxygen atoms in total. The maximum atomic E-state index is 2.47. The van der Waals surface area contributed by atoms with E-state index in [1.54, 1.807) is 0 Å². The minimum atomic E-state index is -0.00416. The van der Waals surface area contributed by atoms with E-state index < -0.39 is 0 Å². The van der Waals surface area contributed by atoms with E-state index >= 15 is 0 Å². The Balaban J connectivity index is 1.05. The summed E-state index contributed by atoms with van der Waals surface area (Å²) in [6.07, 6.45) is 9.19. The van der Waals surface area contributed by atoms with Crippen molar-refractivity contribution in [3.63, 3.8) is 0 Å². The normalized spacial score (nSPS) is 14.7. The van der Waals surface area contributed by atoms with Crippen molar-refractivity contribution in [3.05, 3.63) is 180 Å². The van der Waals surface area contributed by atoms with Crippen LogP contribution < -0.4 is 10.4 Å². The van der Waals surface area contributed by atoms with Crippen LogP contribution in [0.1, 0.15) is 13.8 Å². The lowest BCUT2D eigenvalue weighted by Crippen LogP contribution is -2.27. The van der Waals surface area contributed by atoms with Gasteiger partial charge in [0.1, 0.15) is 0 Å². The lowest BCUT2D eigenvalue weighted by atomic mass is 9.77. The van der Waals surface area contributed by atoms with Crippen LogP contribution in [0.2, 0.25) is 0 Å². The summed E-state index contributed by atoms with van der Waals surface area (Å²) >= 11 is 1.89. The molecule has 2 aliphatic rings. The molecule has 0 unspecified atom stereocenters. The van der Waals surface area contributed by atoms with Crippen LogP contribution in [0.4, 0.5) is 0 Å². The lowest BCUT2D eigenvalue weighted by Gasteiger charge is -2.26. The van der Waals surface area contributed by atoms with Crippen LogP contribution in [-0.2, 0) is 0 Å². The van der Waals surface area contributed by atoms with Gasteiger partial charge in [-0.1, -0.05) is 141 Å². The fourth-order valence-corrected chi connectivity index (χ4v) is 10.2. The van der Waals surface area contributed by atoms with Crippen molar-refractivity contribution < 1.29 is 0 Å². The first kappa shape index (κ1) is 29.7. The highest BCUT2D eigenvalue weighted by Gasteiger charge is 2.28. The highest BCUT2D eigenvalue weighted by molar-refractivity contribution is 7.26. The summed E-state index contributed by atoms with van der Waals surface area (Å²) in [6, 6.07) is 54.5. The van der Waals surface area contributed by atoms with Crippen LogP contribution in [0.5, 0.6) is 0 Å². The Labute approximate surface area is 306 Å². The first-order chi connectivity index (χ1) is 25.5. The Morgan fingerprint density at radius 3 is 1.85 bits per heavy atom. The second kappa shape index (κ2) is 11.0. The summed E-state index contributed by atoms with van der Waals surface area (Å²) in [7, 11) is 0. The standard InChI is InChI=1S/C51H34S/c1-51(2)24-10-15-36-27-37-29-46-40-17-4-3-16-39(40)45-28-34(22-23-41(45)47(46)30-44(37)49(36)51)32-12-7-11-31(25-32)33-13-8-14-35(26-33)38-19-9-20-43-42-18-5-6-21-48(42)52-50(38)43/h3-30H,1-2H3. The molecule has 8 aromatic carbocycles. The number of benzene rings is 8. The van der Waals surface area contributed by atoms with Crippen molar-refractivity contribution in [3.8, 4) is 33.4 Å². The maximum Gasteiger partial charge on any atom is 0.0433 e. The third kappa shape index (κ3) is 4.39. The van der Waals surface area contributed by atoms with Gasteiger partial charge in [-0.25, -0.2) is 0 Å². The van der Waals surface area contributed by atoms with Gasteiger partial charge >= 0.3 is 0 Å². The van der Waals surface area contributed by atoms with E-state index in [9.17, 15) is 0 Å². The summed E-state index contributed by atoms with van der Waals surface area (Å²) in [5.74, 6) is 0. The highest BCUT2D eigenvalue weighted by atomic mass is 32.1. The Bertz CT molecular complexity index is 3200. The number of rotatable bonds is 3. The van der Waals surface area contributed by atoms with Gasteiger partial charge in [-0.15, -0.1) is 11.3 Å². The third-order valence-electron chi connectivity index (χ3n) is 11.4. The van der Waals surface area contributed by atoms with Crippen LogP contribution in [-0.4, -0.2) is 0 Å². The first-order valence-electron chi connectivity index (χ1n) is 18.2. The maximum absolute atomic E-state index is 2.47. The molecule has 0 aliphatic heterocycles. The van der Waals surface area contributed by atoms with Crippen molar-refractivity contribution in [2.24, 2.45) is 5.41 Å². The van der Waals surface area contributed by atoms with Gasteiger partial charge in [-0.3, -0.25) is 0 Å². The van der Waals surface area contributed by atoms with E-state index in [0.29, 0.717) is 0 Å². The molecule has 0 atom stereocenters. The average molecular weight is 679 g/mol. The number of hydrogen-bond acceptors (Lipinski definition) is 1. The molecule has 0 N–H and O–H groups in total. The van der Waals surface area contributed by atoms with Gasteiger partial charge in [0.15, 0.2) is 0 Å². The van der Waals surface area contributed by atoms with Crippen molar-refractivity contribution in [1.82, 2.24) is 0 Å². The minimum absolute atomic E-state index is 0.00416. The molecule has 0 amide bonds. The van der Waals surface area contributed by atoms with Gasteiger partial charge in [0.05, 0.1) is 0 Å². The molecule has 52 heavy (non-hydrogen) atoms. The molecule has 11 rings (SSSR count). The molecule has 0 radical (unpaired) electrons.